The predicted molar refractivity (Wildman–Crippen MR) is 77.9 cm³/mol. The number of benzene rings is 1. The number of nitrogens with one attached hydrogen (secondary N) is 1. The molecule has 0 unspecified atom stereocenters. The summed E-state index contributed by atoms with van der Waals surface area (Å²) in [5.41, 5.74) is 0.965. The van der Waals surface area contributed by atoms with E-state index in [2.05, 4.69) is 5.32 Å². The molecule has 0 radical (unpaired) electrons. The van der Waals surface area contributed by atoms with E-state index in [-0.39, 0.29) is 5.91 Å². The van der Waals surface area contributed by atoms with Gasteiger partial charge in [0.25, 0.3) is 0 Å². The van der Waals surface area contributed by atoms with Gasteiger partial charge in [-0.2, -0.15) is 0 Å². The molecule has 4 nitrogen and oxygen atoms in total. The quantitative estimate of drug-likeness (QED) is 0.704. The summed E-state index contributed by atoms with van der Waals surface area (Å²) in [5.74, 6) is 1.63. The molecule has 1 aliphatic carbocycles. The maximum absolute atomic E-state index is 11.8. The summed E-state index contributed by atoms with van der Waals surface area (Å²) in [6.07, 6.45) is 3.89. The Bertz CT molecular complexity index is 429. The Labute approximate surface area is 120 Å². The van der Waals surface area contributed by atoms with Crippen LogP contribution in [0, 0.1) is 5.92 Å². The molecule has 20 heavy (non-hydrogen) atoms. The fraction of sp³-hybridized carbons (Fsp3) is 0.562. The van der Waals surface area contributed by atoms with E-state index in [9.17, 15) is 4.79 Å². The molecule has 1 N–H and O–H groups in total. The molecule has 1 aliphatic rings. The zero-order valence-electron chi connectivity index (χ0n) is 12.1. The summed E-state index contributed by atoms with van der Waals surface area (Å²) in [5, 5.41) is 2.91. The average Bonchev–Trinajstić information content (AvgIpc) is 3.27. The number of rotatable bonds is 9. The standard InChI is InChI=1S/C16H23NO3/c1-19-15-5-2-4-14(10-15)11-16(18)17-8-3-9-20-12-13-6-7-13/h2,4-5,10,13H,3,6-9,11-12H2,1H3,(H,17,18). The molecule has 110 valence electrons. The van der Waals surface area contributed by atoms with Crippen molar-refractivity contribution in [3.63, 3.8) is 0 Å². The molecule has 0 spiro atoms. The third-order valence-corrected chi connectivity index (χ3v) is 3.34. The Hall–Kier alpha value is -1.55. The molecule has 0 bridgehead atoms. The van der Waals surface area contributed by atoms with Crippen molar-refractivity contribution < 1.29 is 14.3 Å². The second-order valence-electron chi connectivity index (χ2n) is 5.25. The van der Waals surface area contributed by atoms with Crippen LogP contribution in [0.4, 0.5) is 0 Å². The Kier molecular flexibility index (Phi) is 5.87. The van der Waals surface area contributed by atoms with E-state index >= 15 is 0 Å². The van der Waals surface area contributed by atoms with E-state index in [1.807, 2.05) is 24.3 Å². The van der Waals surface area contributed by atoms with Crippen molar-refractivity contribution in [1.29, 1.82) is 0 Å². The minimum absolute atomic E-state index is 0.0421. The highest BCUT2D eigenvalue weighted by Crippen LogP contribution is 2.28. The highest BCUT2D eigenvalue weighted by Gasteiger charge is 2.20. The fourth-order valence-corrected chi connectivity index (χ4v) is 1.97. The average molecular weight is 277 g/mol. The molecule has 0 heterocycles. The molecular weight excluding hydrogens is 254 g/mol. The zero-order valence-corrected chi connectivity index (χ0v) is 12.1. The molecule has 0 aliphatic heterocycles. The number of ether oxygens (including phenoxy) is 2. The molecule has 0 saturated heterocycles. The summed E-state index contributed by atoms with van der Waals surface area (Å²) in [7, 11) is 1.63. The Balaban J connectivity index is 1.56. The first-order valence-corrected chi connectivity index (χ1v) is 7.25. The summed E-state index contributed by atoms with van der Waals surface area (Å²) in [4.78, 5) is 11.8. The van der Waals surface area contributed by atoms with Crippen molar-refractivity contribution in [2.24, 2.45) is 5.92 Å². The van der Waals surface area contributed by atoms with E-state index < -0.39 is 0 Å². The van der Waals surface area contributed by atoms with Crippen LogP contribution >= 0.6 is 0 Å². The summed E-state index contributed by atoms with van der Waals surface area (Å²) >= 11 is 0. The summed E-state index contributed by atoms with van der Waals surface area (Å²) in [6.45, 7) is 2.29. The fourth-order valence-electron chi connectivity index (χ4n) is 1.97. The highest BCUT2D eigenvalue weighted by molar-refractivity contribution is 5.78. The minimum atomic E-state index is 0.0421. The van der Waals surface area contributed by atoms with Crippen LogP contribution in [0.25, 0.3) is 0 Å². The monoisotopic (exact) mass is 277 g/mol. The van der Waals surface area contributed by atoms with Gasteiger partial charge in [0, 0.05) is 19.8 Å². The molecule has 1 aromatic rings. The van der Waals surface area contributed by atoms with Crippen molar-refractivity contribution in [3.05, 3.63) is 29.8 Å². The van der Waals surface area contributed by atoms with Crippen LogP contribution in [-0.2, 0) is 16.0 Å². The molecule has 0 atom stereocenters. The van der Waals surface area contributed by atoms with Gasteiger partial charge in [-0.25, -0.2) is 0 Å². The SMILES string of the molecule is COc1cccc(CC(=O)NCCCOCC2CC2)c1. The third-order valence-electron chi connectivity index (χ3n) is 3.34. The number of carbonyl (C=O) groups excluding carboxylic acids is 1. The van der Waals surface area contributed by atoms with Crippen molar-refractivity contribution in [2.75, 3.05) is 26.9 Å². The molecule has 1 amide bonds. The van der Waals surface area contributed by atoms with E-state index in [1.165, 1.54) is 12.8 Å². The normalized spacial score (nSPS) is 14.1. The highest BCUT2D eigenvalue weighted by atomic mass is 16.5. The van der Waals surface area contributed by atoms with Crippen molar-refractivity contribution in [3.8, 4) is 5.75 Å². The van der Waals surface area contributed by atoms with Crippen molar-refractivity contribution >= 4 is 5.91 Å². The van der Waals surface area contributed by atoms with Gasteiger partial charge in [-0.3, -0.25) is 4.79 Å². The largest absolute Gasteiger partial charge is 0.497 e. The first-order valence-electron chi connectivity index (χ1n) is 7.25. The lowest BCUT2D eigenvalue weighted by molar-refractivity contribution is -0.120. The van der Waals surface area contributed by atoms with E-state index in [0.717, 1.165) is 36.9 Å². The minimum Gasteiger partial charge on any atom is -0.497 e. The number of hydrogen-bond donors (Lipinski definition) is 1. The number of hydrogen-bond acceptors (Lipinski definition) is 3. The molecule has 1 saturated carbocycles. The van der Waals surface area contributed by atoms with Crippen LogP contribution in [0.1, 0.15) is 24.8 Å². The Morgan fingerprint density at radius 1 is 1.40 bits per heavy atom. The zero-order chi connectivity index (χ0) is 14.2. The third kappa shape index (κ3) is 5.61. The van der Waals surface area contributed by atoms with Gasteiger partial charge in [-0.15, -0.1) is 0 Å². The molecule has 4 heteroatoms. The molecular formula is C16H23NO3. The number of amides is 1. The van der Waals surface area contributed by atoms with Gasteiger partial charge in [0.1, 0.15) is 5.75 Å². The van der Waals surface area contributed by atoms with Crippen LogP contribution in [0.15, 0.2) is 24.3 Å². The van der Waals surface area contributed by atoms with Crippen molar-refractivity contribution in [2.45, 2.75) is 25.7 Å². The van der Waals surface area contributed by atoms with Crippen LogP contribution in [0.5, 0.6) is 5.75 Å². The van der Waals surface area contributed by atoms with Crippen LogP contribution in [0.2, 0.25) is 0 Å². The van der Waals surface area contributed by atoms with Crippen molar-refractivity contribution in [1.82, 2.24) is 5.32 Å². The first-order chi connectivity index (χ1) is 9.78. The Morgan fingerprint density at radius 2 is 2.25 bits per heavy atom. The molecule has 1 aromatic carbocycles. The maximum Gasteiger partial charge on any atom is 0.224 e. The molecule has 0 aromatic heterocycles. The van der Waals surface area contributed by atoms with Gasteiger partial charge in [0.05, 0.1) is 13.5 Å². The van der Waals surface area contributed by atoms with Gasteiger partial charge in [-0.1, -0.05) is 12.1 Å². The number of carbonyl (C=O) groups is 1. The van der Waals surface area contributed by atoms with Gasteiger partial charge >= 0.3 is 0 Å². The predicted octanol–water partition coefficient (Wildman–Crippen LogP) is 2.17. The summed E-state index contributed by atoms with van der Waals surface area (Å²) in [6, 6.07) is 7.59. The smallest absolute Gasteiger partial charge is 0.224 e. The molecule has 2 rings (SSSR count). The van der Waals surface area contributed by atoms with Crippen LogP contribution < -0.4 is 10.1 Å². The van der Waals surface area contributed by atoms with E-state index in [0.29, 0.717) is 13.0 Å². The van der Waals surface area contributed by atoms with Gasteiger partial charge < -0.3 is 14.8 Å². The number of methoxy groups -OCH3 is 1. The van der Waals surface area contributed by atoms with Gasteiger partial charge in [0.15, 0.2) is 0 Å². The molecule has 1 fully saturated rings. The van der Waals surface area contributed by atoms with E-state index in [4.69, 9.17) is 9.47 Å². The first kappa shape index (κ1) is 14.9. The van der Waals surface area contributed by atoms with E-state index in [1.54, 1.807) is 7.11 Å². The lowest BCUT2D eigenvalue weighted by Gasteiger charge is -2.07. The van der Waals surface area contributed by atoms with Gasteiger partial charge in [-0.05, 0) is 42.9 Å². The second kappa shape index (κ2) is 7.90. The second-order valence-corrected chi connectivity index (χ2v) is 5.25. The Morgan fingerprint density at radius 3 is 3.00 bits per heavy atom. The lowest BCUT2D eigenvalue weighted by atomic mass is 10.1. The summed E-state index contributed by atoms with van der Waals surface area (Å²) < 4.78 is 10.7. The lowest BCUT2D eigenvalue weighted by Crippen LogP contribution is -2.26. The van der Waals surface area contributed by atoms with Gasteiger partial charge in [0.2, 0.25) is 5.91 Å². The van der Waals surface area contributed by atoms with Crippen LogP contribution in [-0.4, -0.2) is 32.8 Å². The van der Waals surface area contributed by atoms with Crippen LogP contribution in [0.3, 0.4) is 0 Å². The topological polar surface area (TPSA) is 47.6 Å². The maximum atomic E-state index is 11.8.